The first-order valence-electron chi connectivity index (χ1n) is 10.3. The van der Waals surface area contributed by atoms with Crippen molar-refractivity contribution >= 4 is 46.1 Å². The molecule has 1 fully saturated rings. The van der Waals surface area contributed by atoms with E-state index in [2.05, 4.69) is 0 Å². The van der Waals surface area contributed by atoms with E-state index in [4.69, 9.17) is 33.6 Å². The summed E-state index contributed by atoms with van der Waals surface area (Å²) in [6.07, 6.45) is 0. The Morgan fingerprint density at radius 2 is 1.70 bits per heavy atom. The van der Waals surface area contributed by atoms with Gasteiger partial charge < -0.3 is 13.7 Å². The van der Waals surface area contributed by atoms with E-state index in [9.17, 15) is 0 Å². The highest BCUT2D eigenvalue weighted by Crippen LogP contribution is 2.38. The fourth-order valence-corrected chi connectivity index (χ4v) is 2.72. The van der Waals surface area contributed by atoms with E-state index in [1.807, 2.05) is 27.7 Å². The molecule has 0 saturated carbocycles. The fraction of sp³-hybridized carbons (Fsp3) is 0.333. The van der Waals surface area contributed by atoms with Gasteiger partial charge in [-0.3, -0.25) is 0 Å². The summed E-state index contributed by atoms with van der Waals surface area (Å²) in [5, 5.41) is 0.0294. The van der Waals surface area contributed by atoms with Gasteiger partial charge in [-0.25, -0.2) is 0 Å². The molecule has 0 spiro atoms. The van der Waals surface area contributed by atoms with Gasteiger partial charge in [0.25, 0.3) is 0 Å². The van der Waals surface area contributed by atoms with Crippen LogP contribution in [0, 0.1) is 0 Å². The predicted molar refractivity (Wildman–Crippen MR) is 94.4 cm³/mol. The summed E-state index contributed by atoms with van der Waals surface area (Å²) in [6.45, 7) is 7.39. The SMILES string of the molecule is [2H]c1c([2H])c(B2OC(C)(C)C(C)(C)O2)c2c(oc3c([2H])c(Cl)c([2H])c([2H])c32)c1[2H]. The molecule has 1 saturated heterocycles. The molecule has 1 aromatic heterocycles. The lowest BCUT2D eigenvalue weighted by molar-refractivity contribution is 0.00578. The Labute approximate surface area is 149 Å². The number of rotatable bonds is 1. The van der Waals surface area contributed by atoms with Gasteiger partial charge in [-0.2, -0.15) is 0 Å². The van der Waals surface area contributed by atoms with E-state index in [-0.39, 0.29) is 68.7 Å². The summed E-state index contributed by atoms with van der Waals surface area (Å²) in [5.41, 5.74) is -1.41. The molecule has 3 nitrogen and oxygen atoms in total. The van der Waals surface area contributed by atoms with E-state index in [1.54, 1.807) is 0 Å². The number of hydrogen-bond donors (Lipinski definition) is 0. The highest BCUT2D eigenvalue weighted by molar-refractivity contribution is 6.66. The lowest BCUT2D eigenvalue weighted by Gasteiger charge is -2.32. The zero-order valence-electron chi connectivity index (χ0n) is 19.2. The van der Waals surface area contributed by atoms with Crippen LogP contribution in [-0.2, 0) is 9.31 Å². The molecule has 1 aliphatic heterocycles. The third-order valence-electron chi connectivity index (χ3n) is 4.56. The summed E-state index contributed by atoms with van der Waals surface area (Å²) < 4.78 is 67.4. The maximum Gasteiger partial charge on any atom is 0.495 e. The number of fused-ring (bicyclic) bond motifs is 3. The van der Waals surface area contributed by atoms with Crippen molar-refractivity contribution in [1.82, 2.24) is 0 Å². The van der Waals surface area contributed by atoms with E-state index < -0.39 is 18.3 Å². The molecular formula is C18H18BClO3. The third kappa shape index (κ3) is 2.20. The zero-order valence-corrected chi connectivity index (χ0v) is 13.9. The summed E-state index contributed by atoms with van der Waals surface area (Å²) >= 11 is 6.01. The number of benzene rings is 2. The minimum Gasteiger partial charge on any atom is -0.456 e. The van der Waals surface area contributed by atoms with Crippen LogP contribution < -0.4 is 5.46 Å². The van der Waals surface area contributed by atoms with Gasteiger partial charge in [-0.05, 0) is 51.3 Å². The van der Waals surface area contributed by atoms with Crippen LogP contribution in [0.15, 0.2) is 40.7 Å². The van der Waals surface area contributed by atoms with E-state index in [1.165, 1.54) is 0 Å². The molecule has 2 aromatic carbocycles. The average molecular weight is 335 g/mol. The Morgan fingerprint density at radius 3 is 2.39 bits per heavy atom. The van der Waals surface area contributed by atoms with Gasteiger partial charge in [0.15, 0.2) is 0 Å². The molecule has 4 rings (SSSR count). The summed E-state index contributed by atoms with van der Waals surface area (Å²) in [7, 11) is -1.04. The molecule has 0 amide bonds. The van der Waals surface area contributed by atoms with Gasteiger partial charge in [0.2, 0.25) is 0 Å². The standard InChI is InChI=1S/C18H18BClO3/c1-17(2)18(3,4)23-19(22-17)13-6-5-7-14-16(13)12-9-8-11(20)10-15(12)21-14/h5-10H,1-4H3/i5D,6D,7D,8D,9D,10D. The van der Waals surface area contributed by atoms with Crippen molar-refractivity contribution in [3.05, 3.63) is 41.3 Å². The Kier molecular flexibility index (Phi) is 2.01. The van der Waals surface area contributed by atoms with Crippen LogP contribution in [0.25, 0.3) is 21.9 Å². The molecule has 5 heteroatoms. The van der Waals surface area contributed by atoms with Crippen molar-refractivity contribution in [2.45, 2.75) is 38.9 Å². The molecule has 0 radical (unpaired) electrons. The number of furan rings is 1. The van der Waals surface area contributed by atoms with Crippen molar-refractivity contribution in [2.24, 2.45) is 0 Å². The minimum atomic E-state index is -1.04. The van der Waals surface area contributed by atoms with Gasteiger partial charge in [0.1, 0.15) is 11.2 Å². The molecule has 0 unspecified atom stereocenters. The fourth-order valence-electron chi connectivity index (χ4n) is 2.59. The van der Waals surface area contributed by atoms with Gasteiger partial charge >= 0.3 is 7.12 Å². The van der Waals surface area contributed by atoms with Crippen molar-refractivity contribution in [1.29, 1.82) is 0 Å². The highest BCUT2D eigenvalue weighted by Gasteiger charge is 2.52. The maximum absolute atomic E-state index is 8.49. The van der Waals surface area contributed by atoms with Crippen molar-refractivity contribution < 1.29 is 22.0 Å². The second-order valence-corrected chi connectivity index (χ2v) is 6.95. The van der Waals surface area contributed by atoms with E-state index >= 15 is 0 Å². The van der Waals surface area contributed by atoms with Gasteiger partial charge in [-0.15, -0.1) is 0 Å². The highest BCUT2D eigenvalue weighted by atomic mass is 35.5. The second kappa shape index (κ2) is 4.76. The minimum absolute atomic E-state index is 0.0608. The first kappa shape index (κ1) is 9.72. The molecule has 0 aliphatic carbocycles. The van der Waals surface area contributed by atoms with Crippen LogP contribution in [0.4, 0.5) is 0 Å². The van der Waals surface area contributed by atoms with Gasteiger partial charge in [0.05, 0.1) is 19.4 Å². The quantitative estimate of drug-likeness (QED) is 0.612. The molecular weight excluding hydrogens is 310 g/mol. The topological polar surface area (TPSA) is 31.6 Å². The first-order valence-corrected chi connectivity index (χ1v) is 7.64. The van der Waals surface area contributed by atoms with Crippen LogP contribution in [-0.4, -0.2) is 18.3 Å². The van der Waals surface area contributed by atoms with Crippen molar-refractivity contribution in [3.63, 3.8) is 0 Å². The Bertz CT molecular complexity index is 1190. The molecule has 3 aromatic rings. The molecule has 118 valence electrons. The third-order valence-corrected chi connectivity index (χ3v) is 4.75. The lowest BCUT2D eigenvalue weighted by Crippen LogP contribution is -2.41. The Balaban J connectivity index is 2.18. The van der Waals surface area contributed by atoms with Crippen LogP contribution in [0.3, 0.4) is 0 Å². The van der Waals surface area contributed by atoms with Crippen molar-refractivity contribution in [2.75, 3.05) is 0 Å². The Hall–Kier alpha value is -1.49. The van der Waals surface area contributed by atoms with E-state index in [0.29, 0.717) is 0 Å². The monoisotopic (exact) mass is 334 g/mol. The summed E-state index contributed by atoms with van der Waals surface area (Å²) in [5.74, 6) is 0. The second-order valence-electron chi connectivity index (χ2n) is 6.58. The van der Waals surface area contributed by atoms with Gasteiger partial charge in [0, 0.05) is 21.8 Å². The average Bonchev–Trinajstić information content (AvgIpc) is 3.11. The first-order chi connectivity index (χ1) is 13.3. The molecule has 23 heavy (non-hydrogen) atoms. The maximum atomic E-state index is 8.49. The largest absolute Gasteiger partial charge is 0.495 e. The number of halogens is 1. The predicted octanol–water partition coefficient (Wildman–Crippen LogP) is 4.54. The Morgan fingerprint density at radius 1 is 1.00 bits per heavy atom. The number of hydrogen-bond acceptors (Lipinski definition) is 3. The van der Waals surface area contributed by atoms with Crippen LogP contribution in [0.2, 0.25) is 5.02 Å². The molecule has 2 heterocycles. The molecule has 0 bridgehead atoms. The zero-order chi connectivity index (χ0) is 21.6. The summed E-state index contributed by atoms with van der Waals surface area (Å²) in [4.78, 5) is 0. The molecule has 0 N–H and O–H groups in total. The van der Waals surface area contributed by atoms with Crippen LogP contribution in [0.5, 0.6) is 0 Å². The summed E-state index contributed by atoms with van der Waals surface area (Å²) in [6, 6.07) is -1.92. The molecule has 0 atom stereocenters. The van der Waals surface area contributed by atoms with Crippen molar-refractivity contribution in [3.8, 4) is 0 Å². The smallest absolute Gasteiger partial charge is 0.456 e. The van der Waals surface area contributed by atoms with Crippen LogP contribution >= 0.6 is 11.6 Å². The van der Waals surface area contributed by atoms with Gasteiger partial charge in [-0.1, -0.05) is 23.7 Å². The van der Waals surface area contributed by atoms with E-state index in [0.717, 1.165) is 0 Å². The lowest BCUT2D eigenvalue weighted by atomic mass is 9.76. The van der Waals surface area contributed by atoms with Crippen LogP contribution in [0.1, 0.15) is 35.9 Å². The normalized spacial score (nSPS) is 23.4. The molecule has 1 aliphatic rings.